The van der Waals surface area contributed by atoms with Gasteiger partial charge in [0.15, 0.2) is 0 Å². The zero-order valence-corrected chi connectivity index (χ0v) is 13.6. The molecule has 2 aromatic rings. The number of hydrogen-bond acceptors (Lipinski definition) is 1. The highest BCUT2D eigenvalue weighted by Gasteiger charge is 2.39. The summed E-state index contributed by atoms with van der Waals surface area (Å²) in [6, 6.07) is 17.6. The van der Waals surface area contributed by atoms with Gasteiger partial charge in [0.25, 0.3) is 0 Å². The van der Waals surface area contributed by atoms with E-state index in [9.17, 15) is 0 Å². The molecule has 0 unspecified atom stereocenters. The van der Waals surface area contributed by atoms with Crippen molar-refractivity contribution in [2.24, 2.45) is 0 Å². The van der Waals surface area contributed by atoms with Crippen LogP contribution in [0.4, 0.5) is 0 Å². The molecule has 2 aliphatic rings. The second-order valence-electron chi connectivity index (χ2n) is 6.79. The number of nitrogens with zero attached hydrogens (tertiary/aromatic N) is 1. The molecule has 0 radical (unpaired) electrons. The van der Waals surface area contributed by atoms with Gasteiger partial charge in [-0.1, -0.05) is 74.1 Å². The summed E-state index contributed by atoms with van der Waals surface area (Å²) in [4.78, 5) is 4.85. The smallest absolute Gasteiger partial charge is 0.0891 e. The molecule has 0 N–H and O–H groups in total. The zero-order valence-electron chi connectivity index (χ0n) is 12.6. The van der Waals surface area contributed by atoms with Crippen molar-refractivity contribution in [3.05, 3.63) is 48.2 Å². The van der Waals surface area contributed by atoms with Crippen molar-refractivity contribution >= 4 is 13.3 Å². The van der Waals surface area contributed by atoms with Gasteiger partial charge < -0.3 is 0 Å². The van der Waals surface area contributed by atoms with Gasteiger partial charge in [-0.3, -0.25) is 4.98 Å². The summed E-state index contributed by atoms with van der Waals surface area (Å²) in [5.74, 6) is 0. The van der Waals surface area contributed by atoms with Gasteiger partial charge >= 0.3 is 0 Å². The Balaban J connectivity index is 1.75. The van der Waals surface area contributed by atoms with Gasteiger partial charge in [-0.2, -0.15) is 0 Å². The fourth-order valence-electron chi connectivity index (χ4n) is 4.45. The van der Waals surface area contributed by atoms with Crippen molar-refractivity contribution in [2.45, 2.75) is 50.2 Å². The summed E-state index contributed by atoms with van der Waals surface area (Å²) < 4.78 is 0. The first-order valence-corrected chi connectivity index (χ1v) is 11.0. The van der Waals surface area contributed by atoms with E-state index in [1.165, 1.54) is 55.8 Å². The molecule has 0 saturated carbocycles. The standard InChI is InChI=1S/C19H23NSi/c1-3-8-16(9-4-1)18-14-17-10-7-13-21(19(17)15-20-18)11-5-2-6-12-21/h1,3-4,8-9,14-15H,2,5-7,10-13H2. The van der Waals surface area contributed by atoms with E-state index in [0.717, 1.165) is 5.69 Å². The average molecular weight is 293 g/mol. The molecule has 0 bridgehead atoms. The van der Waals surface area contributed by atoms with Crippen molar-refractivity contribution in [3.8, 4) is 11.3 Å². The first-order valence-electron chi connectivity index (χ1n) is 8.42. The van der Waals surface area contributed by atoms with Crippen LogP contribution in [0.5, 0.6) is 0 Å². The molecule has 0 atom stereocenters. The van der Waals surface area contributed by atoms with Crippen LogP contribution in [0.3, 0.4) is 0 Å². The van der Waals surface area contributed by atoms with Gasteiger partial charge in [-0.05, 0) is 23.2 Å². The van der Waals surface area contributed by atoms with E-state index in [2.05, 4.69) is 42.6 Å². The fraction of sp³-hybridized carbons (Fsp3) is 0.421. The number of rotatable bonds is 1. The number of benzene rings is 1. The van der Waals surface area contributed by atoms with Crippen LogP contribution in [0.1, 0.15) is 31.2 Å². The van der Waals surface area contributed by atoms with E-state index in [-0.39, 0.29) is 0 Å². The molecule has 1 spiro atoms. The lowest BCUT2D eigenvalue weighted by molar-refractivity contribution is 0.699. The third-order valence-electron chi connectivity index (χ3n) is 5.54. The lowest BCUT2D eigenvalue weighted by Crippen LogP contribution is -2.52. The Labute approximate surface area is 128 Å². The molecule has 0 amide bonds. The van der Waals surface area contributed by atoms with Crippen molar-refractivity contribution in [2.75, 3.05) is 0 Å². The van der Waals surface area contributed by atoms with Crippen LogP contribution >= 0.6 is 0 Å². The second-order valence-corrected chi connectivity index (χ2v) is 11.4. The Morgan fingerprint density at radius 1 is 0.857 bits per heavy atom. The van der Waals surface area contributed by atoms with Gasteiger partial charge in [0.1, 0.15) is 0 Å². The molecule has 1 nitrogen and oxygen atoms in total. The van der Waals surface area contributed by atoms with E-state index < -0.39 is 8.07 Å². The Hall–Kier alpha value is -1.41. The van der Waals surface area contributed by atoms with Gasteiger partial charge in [-0.15, -0.1) is 0 Å². The summed E-state index contributed by atoms with van der Waals surface area (Å²) in [5, 5.41) is 1.72. The summed E-state index contributed by atoms with van der Waals surface area (Å²) in [7, 11) is -1.18. The predicted octanol–water partition coefficient (Wildman–Crippen LogP) is 4.53. The first-order chi connectivity index (χ1) is 10.4. The van der Waals surface area contributed by atoms with Crippen LogP contribution < -0.4 is 5.19 Å². The van der Waals surface area contributed by atoms with Crippen LogP contribution in [0.2, 0.25) is 18.1 Å². The maximum absolute atomic E-state index is 4.85. The van der Waals surface area contributed by atoms with Crippen LogP contribution in [0.25, 0.3) is 11.3 Å². The lowest BCUT2D eigenvalue weighted by atomic mass is 10.1. The summed E-state index contributed by atoms with van der Waals surface area (Å²) in [6.07, 6.45) is 9.34. The Morgan fingerprint density at radius 2 is 1.62 bits per heavy atom. The van der Waals surface area contributed by atoms with E-state index in [0.29, 0.717) is 0 Å². The molecular weight excluding hydrogens is 270 g/mol. The first kappa shape index (κ1) is 13.3. The molecule has 3 heterocycles. The summed E-state index contributed by atoms with van der Waals surface area (Å²) >= 11 is 0. The van der Waals surface area contributed by atoms with E-state index in [1.54, 1.807) is 10.8 Å². The molecule has 0 aliphatic carbocycles. The normalized spacial score (nSPS) is 20.2. The molecule has 1 saturated heterocycles. The third-order valence-corrected chi connectivity index (χ3v) is 11.1. The number of fused-ring (bicyclic) bond motifs is 2. The molecule has 4 rings (SSSR count). The minimum atomic E-state index is -1.18. The molecule has 21 heavy (non-hydrogen) atoms. The van der Waals surface area contributed by atoms with Crippen LogP contribution in [0, 0.1) is 0 Å². The van der Waals surface area contributed by atoms with Gasteiger partial charge in [-0.25, -0.2) is 0 Å². The molecule has 1 fully saturated rings. The molecule has 1 aromatic carbocycles. The maximum Gasteiger partial charge on any atom is 0.0891 e. The number of hydrogen-bond donors (Lipinski definition) is 0. The zero-order chi connectivity index (χ0) is 14.1. The monoisotopic (exact) mass is 293 g/mol. The van der Waals surface area contributed by atoms with Crippen LogP contribution in [-0.4, -0.2) is 13.1 Å². The van der Waals surface area contributed by atoms with E-state index in [4.69, 9.17) is 4.98 Å². The Morgan fingerprint density at radius 3 is 2.43 bits per heavy atom. The second kappa shape index (κ2) is 5.41. The van der Waals surface area contributed by atoms with Crippen molar-refractivity contribution in [1.82, 2.24) is 4.98 Å². The van der Waals surface area contributed by atoms with Crippen molar-refractivity contribution < 1.29 is 0 Å². The Kier molecular flexibility index (Phi) is 3.42. The Bertz CT molecular complexity index is 629. The van der Waals surface area contributed by atoms with Crippen molar-refractivity contribution in [1.29, 1.82) is 0 Å². The van der Waals surface area contributed by atoms with E-state index in [1.807, 2.05) is 0 Å². The van der Waals surface area contributed by atoms with E-state index >= 15 is 0 Å². The highest BCUT2D eigenvalue weighted by molar-refractivity contribution is 6.92. The molecular formula is C19H23NSi. The third kappa shape index (κ3) is 2.36. The van der Waals surface area contributed by atoms with Crippen molar-refractivity contribution in [3.63, 3.8) is 0 Å². The van der Waals surface area contributed by atoms with Gasteiger partial charge in [0.2, 0.25) is 0 Å². The molecule has 108 valence electrons. The maximum atomic E-state index is 4.85. The molecule has 2 aliphatic heterocycles. The summed E-state index contributed by atoms with van der Waals surface area (Å²) in [6.45, 7) is 0. The largest absolute Gasteiger partial charge is 0.256 e. The SMILES string of the molecule is c1ccc(-c2cc3c(cn2)[Si]2(CCCCC2)CCC3)cc1. The minimum Gasteiger partial charge on any atom is -0.256 e. The average Bonchev–Trinajstić information content (AvgIpc) is 2.56. The predicted molar refractivity (Wildman–Crippen MR) is 91.7 cm³/mol. The lowest BCUT2D eigenvalue weighted by Gasteiger charge is -2.40. The molecule has 1 aromatic heterocycles. The minimum absolute atomic E-state index is 1.16. The van der Waals surface area contributed by atoms with Gasteiger partial charge in [0, 0.05) is 11.8 Å². The van der Waals surface area contributed by atoms with Gasteiger partial charge in [0.05, 0.1) is 13.8 Å². The number of aryl methyl sites for hydroxylation is 1. The number of aromatic nitrogens is 1. The van der Waals surface area contributed by atoms with Crippen LogP contribution in [-0.2, 0) is 6.42 Å². The molecule has 2 heteroatoms. The highest BCUT2D eigenvalue weighted by atomic mass is 28.3. The summed E-state index contributed by atoms with van der Waals surface area (Å²) in [5.41, 5.74) is 4.05. The fourth-order valence-corrected chi connectivity index (χ4v) is 9.93. The topological polar surface area (TPSA) is 12.9 Å². The number of pyridine rings is 1. The highest BCUT2D eigenvalue weighted by Crippen LogP contribution is 2.36. The van der Waals surface area contributed by atoms with Crippen LogP contribution in [0.15, 0.2) is 42.6 Å². The quantitative estimate of drug-likeness (QED) is 0.704.